The summed E-state index contributed by atoms with van der Waals surface area (Å²) in [7, 11) is 0. The van der Waals surface area contributed by atoms with Crippen LogP contribution < -0.4 is 0 Å². The van der Waals surface area contributed by atoms with Crippen LogP contribution in [0.15, 0.2) is 36.4 Å². The van der Waals surface area contributed by atoms with Gasteiger partial charge in [-0.25, -0.2) is 4.39 Å². The molecule has 1 nitrogen and oxygen atoms in total. The first-order valence-electron chi connectivity index (χ1n) is 10.8. The highest BCUT2D eigenvalue weighted by atomic mass is 19.1. The van der Waals surface area contributed by atoms with Crippen LogP contribution in [-0.4, -0.2) is 6.10 Å². The summed E-state index contributed by atoms with van der Waals surface area (Å²) in [6.07, 6.45) is 18.5. The molecule has 0 saturated heterocycles. The summed E-state index contributed by atoms with van der Waals surface area (Å²) >= 11 is 0. The van der Waals surface area contributed by atoms with Crippen molar-refractivity contribution < 1.29 is 9.13 Å². The number of rotatable bonds is 7. The molecule has 0 bridgehead atoms. The van der Waals surface area contributed by atoms with Crippen LogP contribution in [0.4, 0.5) is 4.39 Å². The monoisotopic (exact) mass is 358 g/mol. The summed E-state index contributed by atoms with van der Waals surface area (Å²) in [6.45, 7) is 2.87. The molecule has 2 fully saturated rings. The Morgan fingerprint density at radius 3 is 2.15 bits per heavy atom. The number of unbranched alkanes of at least 4 members (excludes halogenated alkanes) is 1. The maximum atomic E-state index is 13.0. The van der Waals surface area contributed by atoms with E-state index in [-0.39, 0.29) is 5.82 Å². The molecule has 0 heterocycles. The van der Waals surface area contributed by atoms with Gasteiger partial charge in [-0.3, -0.25) is 0 Å². The zero-order valence-corrected chi connectivity index (χ0v) is 16.3. The second-order valence-electron chi connectivity index (χ2n) is 8.37. The van der Waals surface area contributed by atoms with Crippen molar-refractivity contribution in [1.29, 1.82) is 0 Å². The molecule has 2 aliphatic rings. The third-order valence-corrected chi connectivity index (χ3v) is 6.46. The second kappa shape index (κ2) is 10.3. The fourth-order valence-corrected chi connectivity index (χ4v) is 4.79. The minimum atomic E-state index is -0.176. The normalized spacial score (nSPS) is 29.9. The van der Waals surface area contributed by atoms with E-state index in [1.54, 1.807) is 0 Å². The summed E-state index contributed by atoms with van der Waals surface area (Å²) in [6, 6.07) is 6.69. The van der Waals surface area contributed by atoms with Crippen molar-refractivity contribution in [3.05, 3.63) is 47.8 Å². The van der Waals surface area contributed by atoms with Gasteiger partial charge >= 0.3 is 0 Å². The second-order valence-corrected chi connectivity index (χ2v) is 8.37. The lowest BCUT2D eigenvalue weighted by atomic mass is 9.70. The van der Waals surface area contributed by atoms with Gasteiger partial charge in [0.1, 0.15) is 5.82 Å². The Hall–Kier alpha value is -1.15. The lowest BCUT2D eigenvalue weighted by molar-refractivity contribution is -0.00229. The van der Waals surface area contributed by atoms with Crippen LogP contribution in [0.25, 0.3) is 0 Å². The van der Waals surface area contributed by atoms with Gasteiger partial charge in [-0.1, -0.05) is 37.6 Å². The lowest BCUT2D eigenvalue weighted by Gasteiger charge is -2.37. The molecule has 2 heteroatoms. The van der Waals surface area contributed by atoms with E-state index in [4.69, 9.17) is 4.74 Å². The molecule has 0 atom stereocenters. The van der Waals surface area contributed by atoms with Crippen molar-refractivity contribution >= 4 is 0 Å². The van der Waals surface area contributed by atoms with Gasteiger partial charge in [0.15, 0.2) is 0 Å². The molecule has 0 radical (unpaired) electrons. The Balaban J connectivity index is 1.34. The van der Waals surface area contributed by atoms with E-state index >= 15 is 0 Å². The highest BCUT2D eigenvalue weighted by Gasteiger charge is 2.30. The van der Waals surface area contributed by atoms with E-state index in [1.165, 1.54) is 76.3 Å². The molecule has 1 aromatic rings. The minimum absolute atomic E-state index is 0.176. The maximum Gasteiger partial charge on any atom is 0.123 e. The molecule has 0 unspecified atom stereocenters. The van der Waals surface area contributed by atoms with E-state index in [0.717, 1.165) is 23.3 Å². The first kappa shape index (κ1) is 19.6. The number of ether oxygens (including phenoxy) is 1. The first-order chi connectivity index (χ1) is 12.7. The van der Waals surface area contributed by atoms with Crippen LogP contribution in [0.1, 0.15) is 76.7 Å². The predicted octanol–water partition coefficient (Wildman–Crippen LogP) is 7.06. The van der Waals surface area contributed by atoms with Crippen LogP contribution >= 0.6 is 0 Å². The lowest BCUT2D eigenvalue weighted by Crippen LogP contribution is -2.28. The SMILES string of the molecule is CCCC=CC1CCC(C2CCC(OCc3ccc(F)cc3)CC2)CC1. The van der Waals surface area contributed by atoms with Gasteiger partial charge in [0.2, 0.25) is 0 Å². The van der Waals surface area contributed by atoms with Crippen LogP contribution in [0.5, 0.6) is 0 Å². The van der Waals surface area contributed by atoms with Crippen molar-refractivity contribution in [3.63, 3.8) is 0 Å². The minimum Gasteiger partial charge on any atom is -0.374 e. The van der Waals surface area contributed by atoms with Crippen molar-refractivity contribution in [2.75, 3.05) is 0 Å². The Bertz CT molecular complexity index is 534. The largest absolute Gasteiger partial charge is 0.374 e. The average Bonchev–Trinajstić information content (AvgIpc) is 2.69. The molecule has 2 saturated carbocycles. The summed E-state index contributed by atoms with van der Waals surface area (Å²) in [5, 5.41) is 0. The van der Waals surface area contributed by atoms with E-state index in [1.807, 2.05) is 12.1 Å². The molecule has 26 heavy (non-hydrogen) atoms. The number of benzene rings is 1. The molecule has 3 rings (SSSR count). The van der Waals surface area contributed by atoms with Crippen LogP contribution in [0.2, 0.25) is 0 Å². The molecule has 0 amide bonds. The third-order valence-electron chi connectivity index (χ3n) is 6.46. The van der Waals surface area contributed by atoms with Crippen molar-refractivity contribution in [1.82, 2.24) is 0 Å². The Morgan fingerprint density at radius 1 is 0.923 bits per heavy atom. The Morgan fingerprint density at radius 2 is 1.54 bits per heavy atom. The van der Waals surface area contributed by atoms with Gasteiger partial charge in [-0.05, 0) is 93.2 Å². The predicted molar refractivity (Wildman–Crippen MR) is 106 cm³/mol. The zero-order chi connectivity index (χ0) is 18.2. The summed E-state index contributed by atoms with van der Waals surface area (Å²) in [4.78, 5) is 0. The smallest absolute Gasteiger partial charge is 0.123 e. The van der Waals surface area contributed by atoms with E-state index < -0.39 is 0 Å². The van der Waals surface area contributed by atoms with E-state index in [0.29, 0.717) is 12.7 Å². The van der Waals surface area contributed by atoms with Crippen LogP contribution in [0.3, 0.4) is 0 Å². The number of hydrogen-bond donors (Lipinski definition) is 0. The molecule has 0 N–H and O–H groups in total. The van der Waals surface area contributed by atoms with Gasteiger partial charge in [0.05, 0.1) is 12.7 Å². The molecular weight excluding hydrogens is 323 g/mol. The standard InChI is InChI=1S/C24H35FO/c1-2-3-4-5-19-6-10-21(11-7-19)22-12-16-24(17-13-22)26-18-20-8-14-23(25)15-9-20/h4-5,8-9,14-15,19,21-22,24H,2-3,6-7,10-13,16-18H2,1H3. The van der Waals surface area contributed by atoms with E-state index in [2.05, 4.69) is 19.1 Å². The fourth-order valence-electron chi connectivity index (χ4n) is 4.79. The van der Waals surface area contributed by atoms with Gasteiger partial charge < -0.3 is 4.74 Å². The molecule has 0 aromatic heterocycles. The zero-order valence-electron chi connectivity index (χ0n) is 16.3. The highest BCUT2D eigenvalue weighted by molar-refractivity contribution is 5.15. The van der Waals surface area contributed by atoms with Crippen LogP contribution in [-0.2, 0) is 11.3 Å². The van der Waals surface area contributed by atoms with Gasteiger partial charge in [0, 0.05) is 0 Å². The quantitative estimate of drug-likeness (QED) is 0.474. The molecular formula is C24H35FO. The molecule has 0 spiro atoms. The maximum absolute atomic E-state index is 13.0. The van der Waals surface area contributed by atoms with Crippen molar-refractivity contribution in [2.24, 2.45) is 17.8 Å². The van der Waals surface area contributed by atoms with Crippen molar-refractivity contribution in [3.8, 4) is 0 Å². The van der Waals surface area contributed by atoms with Gasteiger partial charge in [-0.15, -0.1) is 0 Å². The summed E-state index contributed by atoms with van der Waals surface area (Å²) in [5.41, 5.74) is 1.07. The highest BCUT2D eigenvalue weighted by Crippen LogP contribution is 2.40. The van der Waals surface area contributed by atoms with Crippen LogP contribution in [0, 0.1) is 23.6 Å². The van der Waals surface area contributed by atoms with Gasteiger partial charge in [-0.2, -0.15) is 0 Å². The fraction of sp³-hybridized carbons (Fsp3) is 0.667. The Kier molecular flexibility index (Phi) is 7.73. The average molecular weight is 359 g/mol. The molecule has 0 aliphatic heterocycles. The summed E-state index contributed by atoms with van der Waals surface area (Å²) < 4.78 is 19.0. The Labute approximate surface area is 159 Å². The molecule has 144 valence electrons. The van der Waals surface area contributed by atoms with E-state index in [9.17, 15) is 4.39 Å². The molecule has 2 aliphatic carbocycles. The van der Waals surface area contributed by atoms with Crippen molar-refractivity contribution in [2.45, 2.75) is 83.8 Å². The number of hydrogen-bond acceptors (Lipinski definition) is 1. The summed E-state index contributed by atoms with van der Waals surface area (Å²) in [5.74, 6) is 2.53. The first-order valence-corrected chi connectivity index (χ1v) is 10.8. The number of halogens is 1. The molecule has 1 aromatic carbocycles. The third kappa shape index (κ3) is 5.94. The number of allylic oxidation sites excluding steroid dienone is 2. The topological polar surface area (TPSA) is 9.23 Å². The van der Waals surface area contributed by atoms with Gasteiger partial charge in [0.25, 0.3) is 0 Å².